The molecule has 2 aliphatic rings. The number of nitrogens with zero attached hydrogens (tertiary/aromatic N) is 4. The Morgan fingerprint density at radius 3 is 2.86 bits per heavy atom. The monoisotopic (exact) mass is 397 g/mol. The van der Waals surface area contributed by atoms with Crippen molar-refractivity contribution in [1.29, 1.82) is 0 Å². The van der Waals surface area contributed by atoms with Gasteiger partial charge >= 0.3 is 0 Å². The van der Waals surface area contributed by atoms with Gasteiger partial charge in [0.2, 0.25) is 5.91 Å². The lowest BCUT2D eigenvalue weighted by Crippen LogP contribution is -2.40. The zero-order valence-corrected chi connectivity index (χ0v) is 16.9. The molecule has 0 aliphatic carbocycles. The molecule has 4 rings (SSSR count). The van der Waals surface area contributed by atoms with Crippen molar-refractivity contribution in [3.63, 3.8) is 0 Å². The number of amides is 1. The van der Waals surface area contributed by atoms with E-state index in [1.165, 1.54) is 0 Å². The molecule has 0 radical (unpaired) electrons. The summed E-state index contributed by atoms with van der Waals surface area (Å²) in [6.07, 6.45) is 6.55. The number of anilines is 2. The Bertz CT molecular complexity index is 873. The van der Waals surface area contributed by atoms with Crippen molar-refractivity contribution in [3.05, 3.63) is 30.2 Å². The normalized spacial score (nSPS) is 19.6. The van der Waals surface area contributed by atoms with Crippen LogP contribution in [0, 0.1) is 5.92 Å². The third-order valence-corrected chi connectivity index (χ3v) is 5.39. The predicted molar refractivity (Wildman–Crippen MR) is 110 cm³/mol. The number of hydrogen-bond donors (Lipinski definition) is 2. The molecule has 1 saturated heterocycles. The second kappa shape index (κ2) is 8.04. The molecule has 2 aromatic rings. The fourth-order valence-electron chi connectivity index (χ4n) is 3.71. The van der Waals surface area contributed by atoms with Crippen molar-refractivity contribution in [3.8, 4) is 11.3 Å². The van der Waals surface area contributed by atoms with Crippen LogP contribution in [0.15, 0.2) is 24.5 Å². The molecule has 8 nitrogen and oxygen atoms in total. The van der Waals surface area contributed by atoms with E-state index >= 15 is 0 Å². The van der Waals surface area contributed by atoms with Crippen molar-refractivity contribution >= 4 is 17.5 Å². The van der Waals surface area contributed by atoms with E-state index in [0.29, 0.717) is 28.9 Å². The minimum absolute atomic E-state index is 0.0735. The summed E-state index contributed by atoms with van der Waals surface area (Å²) in [6.45, 7) is 6.05. The maximum Gasteiger partial charge on any atom is 0.245 e. The Balaban J connectivity index is 1.55. The lowest BCUT2D eigenvalue weighted by Gasteiger charge is -2.31. The molecule has 4 heterocycles. The molecule has 8 heteroatoms. The molecule has 1 fully saturated rings. The van der Waals surface area contributed by atoms with Crippen molar-refractivity contribution in [2.24, 2.45) is 5.92 Å². The summed E-state index contributed by atoms with van der Waals surface area (Å²) in [5.74, 6) is 1.62. The summed E-state index contributed by atoms with van der Waals surface area (Å²) in [7, 11) is 0. The molecule has 2 aliphatic heterocycles. The van der Waals surface area contributed by atoms with Crippen LogP contribution in [-0.2, 0) is 15.1 Å². The van der Waals surface area contributed by atoms with Crippen LogP contribution in [0.2, 0.25) is 0 Å². The van der Waals surface area contributed by atoms with E-state index in [4.69, 9.17) is 9.72 Å². The van der Waals surface area contributed by atoms with Gasteiger partial charge in [-0.25, -0.2) is 9.97 Å². The predicted octanol–water partition coefficient (Wildman–Crippen LogP) is 2.34. The minimum Gasteiger partial charge on any atom is -0.384 e. The number of hydrogen-bond acceptors (Lipinski definition) is 7. The van der Waals surface area contributed by atoms with Crippen molar-refractivity contribution in [2.75, 3.05) is 36.5 Å². The lowest BCUT2D eigenvalue weighted by molar-refractivity contribution is -0.115. The maximum atomic E-state index is 12.1. The van der Waals surface area contributed by atoms with Crippen LogP contribution in [0.1, 0.15) is 38.8 Å². The van der Waals surface area contributed by atoms with E-state index in [0.717, 1.165) is 44.6 Å². The number of nitrogens with one attached hydrogen (secondary N) is 1. The fourth-order valence-corrected chi connectivity index (χ4v) is 3.71. The molecular formula is C21H27N5O3. The number of carbonyl (C=O) groups excluding carboxylic acids is 1. The number of ether oxygens (including phenoxy) is 1. The minimum atomic E-state index is -0.996. The van der Waals surface area contributed by atoms with Crippen molar-refractivity contribution in [1.82, 2.24) is 15.0 Å². The van der Waals surface area contributed by atoms with E-state index in [2.05, 4.69) is 15.3 Å². The van der Waals surface area contributed by atoms with Crippen LogP contribution >= 0.6 is 0 Å². The SMILES string of the molecule is CC(C)(O)c1ccc(-c2cnc3c(n2)N(CCC2CCCOC2)CC(=O)N3)cn1. The number of fused-ring (bicyclic) bond motifs is 1. The lowest BCUT2D eigenvalue weighted by atomic mass is 9.98. The average molecular weight is 397 g/mol. The second-order valence-electron chi connectivity index (χ2n) is 8.26. The third kappa shape index (κ3) is 4.54. The number of aromatic nitrogens is 3. The summed E-state index contributed by atoms with van der Waals surface area (Å²) in [4.78, 5) is 27.6. The zero-order chi connectivity index (χ0) is 20.4. The molecule has 0 bridgehead atoms. The molecule has 0 saturated carbocycles. The van der Waals surface area contributed by atoms with Gasteiger partial charge < -0.3 is 20.1 Å². The first-order chi connectivity index (χ1) is 13.9. The van der Waals surface area contributed by atoms with Crippen LogP contribution in [0.25, 0.3) is 11.3 Å². The van der Waals surface area contributed by atoms with Crippen molar-refractivity contribution in [2.45, 2.75) is 38.7 Å². The van der Waals surface area contributed by atoms with Gasteiger partial charge in [0.1, 0.15) is 5.60 Å². The van der Waals surface area contributed by atoms with Gasteiger partial charge in [0.25, 0.3) is 0 Å². The van der Waals surface area contributed by atoms with Gasteiger partial charge in [0, 0.05) is 31.5 Å². The van der Waals surface area contributed by atoms with Crippen LogP contribution in [0.3, 0.4) is 0 Å². The molecular weight excluding hydrogens is 370 g/mol. The fraction of sp³-hybridized carbons (Fsp3) is 0.524. The Morgan fingerprint density at radius 2 is 2.17 bits per heavy atom. The van der Waals surface area contributed by atoms with Crippen LogP contribution in [-0.4, -0.2) is 52.3 Å². The number of aliphatic hydroxyl groups is 1. The molecule has 29 heavy (non-hydrogen) atoms. The molecule has 0 spiro atoms. The first kappa shape index (κ1) is 19.7. The Kier molecular flexibility index (Phi) is 5.47. The smallest absolute Gasteiger partial charge is 0.245 e. The molecule has 154 valence electrons. The number of carbonyl (C=O) groups is 1. The Labute approximate surface area is 170 Å². The summed E-state index contributed by atoms with van der Waals surface area (Å²) < 4.78 is 5.57. The quantitative estimate of drug-likeness (QED) is 0.799. The first-order valence-electron chi connectivity index (χ1n) is 10.1. The van der Waals surface area contributed by atoms with Crippen LogP contribution in [0.5, 0.6) is 0 Å². The van der Waals surface area contributed by atoms with E-state index in [-0.39, 0.29) is 12.5 Å². The molecule has 1 atom stereocenters. The third-order valence-electron chi connectivity index (χ3n) is 5.39. The van der Waals surface area contributed by atoms with Gasteiger partial charge in [-0.05, 0) is 51.2 Å². The Hall–Kier alpha value is -2.58. The van der Waals surface area contributed by atoms with Gasteiger partial charge in [-0.1, -0.05) is 0 Å². The molecule has 2 aromatic heterocycles. The molecule has 1 amide bonds. The summed E-state index contributed by atoms with van der Waals surface area (Å²) >= 11 is 0. The van der Waals surface area contributed by atoms with Gasteiger partial charge in [-0.2, -0.15) is 0 Å². The number of rotatable bonds is 5. The Morgan fingerprint density at radius 1 is 1.31 bits per heavy atom. The van der Waals surface area contributed by atoms with Crippen LogP contribution < -0.4 is 10.2 Å². The molecule has 1 unspecified atom stereocenters. The van der Waals surface area contributed by atoms with Gasteiger partial charge in [0.15, 0.2) is 11.6 Å². The summed E-state index contributed by atoms with van der Waals surface area (Å²) in [6, 6.07) is 3.67. The van der Waals surface area contributed by atoms with E-state index in [1.54, 1.807) is 32.3 Å². The summed E-state index contributed by atoms with van der Waals surface area (Å²) in [5.41, 5.74) is 1.09. The topological polar surface area (TPSA) is 100 Å². The highest BCUT2D eigenvalue weighted by molar-refractivity contribution is 5.99. The van der Waals surface area contributed by atoms with Gasteiger partial charge in [0.05, 0.1) is 24.1 Å². The largest absolute Gasteiger partial charge is 0.384 e. The average Bonchev–Trinajstić information content (AvgIpc) is 2.72. The number of pyridine rings is 1. The highest BCUT2D eigenvalue weighted by Crippen LogP contribution is 2.30. The molecule has 2 N–H and O–H groups in total. The first-order valence-corrected chi connectivity index (χ1v) is 10.1. The van der Waals surface area contributed by atoms with E-state index in [1.807, 2.05) is 11.0 Å². The maximum absolute atomic E-state index is 12.1. The highest BCUT2D eigenvalue weighted by Gasteiger charge is 2.26. The van der Waals surface area contributed by atoms with Crippen molar-refractivity contribution < 1.29 is 14.6 Å². The standard InChI is InChI=1S/C21H27N5O3/c1-21(2,28)17-6-5-15(10-22-17)16-11-23-19-20(24-16)26(12-18(27)25-19)8-7-14-4-3-9-29-13-14/h5-6,10-11,14,28H,3-4,7-9,12-13H2,1-2H3,(H,23,25,27). The highest BCUT2D eigenvalue weighted by atomic mass is 16.5. The zero-order valence-electron chi connectivity index (χ0n) is 16.9. The second-order valence-corrected chi connectivity index (χ2v) is 8.26. The molecule has 0 aromatic carbocycles. The van der Waals surface area contributed by atoms with Crippen LogP contribution in [0.4, 0.5) is 11.6 Å². The van der Waals surface area contributed by atoms with Gasteiger partial charge in [-0.15, -0.1) is 0 Å². The van der Waals surface area contributed by atoms with Gasteiger partial charge in [-0.3, -0.25) is 9.78 Å². The van der Waals surface area contributed by atoms with E-state index in [9.17, 15) is 9.90 Å². The van der Waals surface area contributed by atoms with E-state index < -0.39 is 5.60 Å². The summed E-state index contributed by atoms with van der Waals surface area (Å²) in [5, 5.41) is 12.9.